The van der Waals surface area contributed by atoms with Crippen LogP contribution in [0.5, 0.6) is 0 Å². The van der Waals surface area contributed by atoms with Crippen LogP contribution < -0.4 is 5.32 Å². The SMILES string of the molecule is CCNc1ccc(C(=O)N(C)C(CC)CC)c(C)c1. The molecule has 0 saturated heterocycles. The lowest BCUT2D eigenvalue weighted by atomic mass is 10.0. The van der Waals surface area contributed by atoms with Gasteiger partial charge in [0.15, 0.2) is 0 Å². The Morgan fingerprint density at radius 2 is 1.89 bits per heavy atom. The molecule has 0 aliphatic rings. The van der Waals surface area contributed by atoms with Crippen LogP contribution in [0.2, 0.25) is 0 Å². The van der Waals surface area contributed by atoms with Crippen molar-refractivity contribution in [2.75, 3.05) is 18.9 Å². The molecular weight excluding hydrogens is 236 g/mol. The molecule has 19 heavy (non-hydrogen) atoms. The van der Waals surface area contributed by atoms with E-state index in [0.29, 0.717) is 6.04 Å². The quantitative estimate of drug-likeness (QED) is 0.848. The first-order valence-electron chi connectivity index (χ1n) is 7.16. The van der Waals surface area contributed by atoms with Gasteiger partial charge in [-0.05, 0) is 50.5 Å². The third-order valence-corrected chi connectivity index (χ3v) is 3.65. The van der Waals surface area contributed by atoms with Gasteiger partial charge in [-0.25, -0.2) is 0 Å². The van der Waals surface area contributed by atoms with Crippen LogP contribution in [0.1, 0.15) is 49.5 Å². The minimum Gasteiger partial charge on any atom is -0.385 e. The summed E-state index contributed by atoms with van der Waals surface area (Å²) in [4.78, 5) is 14.4. The monoisotopic (exact) mass is 262 g/mol. The Morgan fingerprint density at radius 1 is 1.26 bits per heavy atom. The Bertz CT molecular complexity index is 425. The van der Waals surface area contributed by atoms with E-state index in [0.717, 1.165) is 36.2 Å². The molecule has 3 heteroatoms. The van der Waals surface area contributed by atoms with Crippen molar-refractivity contribution in [3.63, 3.8) is 0 Å². The second-order valence-corrected chi connectivity index (χ2v) is 4.95. The van der Waals surface area contributed by atoms with Crippen molar-refractivity contribution in [3.8, 4) is 0 Å². The number of carbonyl (C=O) groups is 1. The molecule has 1 aromatic carbocycles. The number of benzene rings is 1. The Labute approximate surface area is 117 Å². The minimum atomic E-state index is 0.120. The number of amides is 1. The lowest BCUT2D eigenvalue weighted by molar-refractivity contribution is 0.0723. The number of nitrogens with zero attached hydrogens (tertiary/aromatic N) is 1. The zero-order valence-corrected chi connectivity index (χ0v) is 12.8. The van der Waals surface area contributed by atoms with Crippen LogP contribution in [-0.4, -0.2) is 30.4 Å². The van der Waals surface area contributed by atoms with E-state index in [2.05, 4.69) is 26.1 Å². The number of hydrogen-bond donors (Lipinski definition) is 1. The normalized spacial score (nSPS) is 10.6. The largest absolute Gasteiger partial charge is 0.385 e. The minimum absolute atomic E-state index is 0.120. The number of aryl methyl sites for hydroxylation is 1. The number of nitrogens with one attached hydrogen (secondary N) is 1. The smallest absolute Gasteiger partial charge is 0.254 e. The van der Waals surface area contributed by atoms with Crippen molar-refractivity contribution >= 4 is 11.6 Å². The van der Waals surface area contributed by atoms with E-state index >= 15 is 0 Å². The van der Waals surface area contributed by atoms with Crippen LogP contribution in [0.4, 0.5) is 5.69 Å². The van der Waals surface area contributed by atoms with Crippen LogP contribution in [-0.2, 0) is 0 Å². The fourth-order valence-electron chi connectivity index (χ4n) is 2.41. The van der Waals surface area contributed by atoms with E-state index in [-0.39, 0.29) is 5.91 Å². The Morgan fingerprint density at radius 3 is 2.37 bits per heavy atom. The highest BCUT2D eigenvalue weighted by Crippen LogP contribution is 2.18. The van der Waals surface area contributed by atoms with Crippen LogP contribution in [0.3, 0.4) is 0 Å². The second kappa shape index (κ2) is 7.17. The average molecular weight is 262 g/mol. The predicted octanol–water partition coefficient (Wildman–Crippen LogP) is 3.69. The lowest BCUT2D eigenvalue weighted by Gasteiger charge is -2.27. The van der Waals surface area contributed by atoms with Crippen LogP contribution >= 0.6 is 0 Å². The third kappa shape index (κ3) is 3.72. The van der Waals surface area contributed by atoms with Crippen LogP contribution in [0.25, 0.3) is 0 Å². The summed E-state index contributed by atoms with van der Waals surface area (Å²) in [6, 6.07) is 6.26. The summed E-state index contributed by atoms with van der Waals surface area (Å²) in [7, 11) is 1.90. The third-order valence-electron chi connectivity index (χ3n) is 3.65. The van der Waals surface area contributed by atoms with Crippen molar-refractivity contribution in [2.45, 2.75) is 46.6 Å². The molecule has 0 heterocycles. The van der Waals surface area contributed by atoms with Crippen molar-refractivity contribution in [1.82, 2.24) is 4.90 Å². The highest BCUT2D eigenvalue weighted by molar-refractivity contribution is 5.96. The first kappa shape index (κ1) is 15.5. The number of rotatable bonds is 6. The standard InChI is InChI=1S/C16H26N2O/c1-6-14(7-2)18(5)16(19)15-10-9-13(17-8-3)11-12(15)4/h9-11,14,17H,6-8H2,1-5H3. The van der Waals surface area contributed by atoms with E-state index < -0.39 is 0 Å². The molecule has 0 saturated carbocycles. The van der Waals surface area contributed by atoms with Crippen molar-refractivity contribution in [1.29, 1.82) is 0 Å². The second-order valence-electron chi connectivity index (χ2n) is 4.95. The van der Waals surface area contributed by atoms with Gasteiger partial charge in [0, 0.05) is 30.9 Å². The molecular formula is C16H26N2O. The summed E-state index contributed by atoms with van der Waals surface area (Å²) in [5.41, 5.74) is 2.90. The lowest BCUT2D eigenvalue weighted by Crippen LogP contribution is -2.36. The molecule has 0 aromatic heterocycles. The van der Waals surface area contributed by atoms with Gasteiger partial charge in [0.05, 0.1) is 0 Å². The molecule has 1 rings (SSSR count). The molecule has 1 amide bonds. The number of anilines is 1. The van der Waals surface area contributed by atoms with E-state index in [9.17, 15) is 4.79 Å². The highest BCUT2D eigenvalue weighted by Gasteiger charge is 2.19. The Hall–Kier alpha value is -1.51. The molecule has 3 nitrogen and oxygen atoms in total. The fourth-order valence-corrected chi connectivity index (χ4v) is 2.41. The molecule has 0 atom stereocenters. The Balaban J connectivity index is 2.93. The Kier molecular flexibility index (Phi) is 5.87. The van der Waals surface area contributed by atoms with Gasteiger partial charge < -0.3 is 10.2 Å². The van der Waals surface area contributed by atoms with Crippen molar-refractivity contribution in [2.24, 2.45) is 0 Å². The van der Waals surface area contributed by atoms with E-state index in [1.807, 2.05) is 37.1 Å². The van der Waals surface area contributed by atoms with Gasteiger partial charge in [0.25, 0.3) is 5.91 Å². The van der Waals surface area contributed by atoms with Gasteiger partial charge in [-0.3, -0.25) is 4.79 Å². The van der Waals surface area contributed by atoms with Crippen molar-refractivity contribution in [3.05, 3.63) is 29.3 Å². The van der Waals surface area contributed by atoms with E-state index in [4.69, 9.17) is 0 Å². The predicted molar refractivity (Wildman–Crippen MR) is 81.8 cm³/mol. The first-order chi connectivity index (χ1) is 9.04. The summed E-state index contributed by atoms with van der Waals surface area (Å²) in [6.45, 7) is 9.20. The van der Waals surface area contributed by atoms with Gasteiger partial charge in [0.1, 0.15) is 0 Å². The molecule has 0 aliphatic heterocycles. The van der Waals surface area contributed by atoms with Gasteiger partial charge in [-0.1, -0.05) is 13.8 Å². The molecule has 1 N–H and O–H groups in total. The summed E-state index contributed by atoms with van der Waals surface area (Å²) < 4.78 is 0. The molecule has 0 unspecified atom stereocenters. The number of hydrogen-bond acceptors (Lipinski definition) is 2. The molecule has 0 spiro atoms. The first-order valence-corrected chi connectivity index (χ1v) is 7.16. The maximum Gasteiger partial charge on any atom is 0.254 e. The molecule has 0 radical (unpaired) electrons. The molecule has 1 aromatic rings. The average Bonchev–Trinajstić information content (AvgIpc) is 2.40. The van der Waals surface area contributed by atoms with Gasteiger partial charge >= 0.3 is 0 Å². The molecule has 0 aliphatic carbocycles. The van der Waals surface area contributed by atoms with Crippen LogP contribution in [0, 0.1) is 6.92 Å². The summed E-state index contributed by atoms with van der Waals surface area (Å²) >= 11 is 0. The maximum absolute atomic E-state index is 12.5. The maximum atomic E-state index is 12.5. The fraction of sp³-hybridized carbons (Fsp3) is 0.562. The molecule has 0 fully saturated rings. The zero-order chi connectivity index (χ0) is 14.4. The zero-order valence-electron chi connectivity index (χ0n) is 12.8. The molecule has 0 bridgehead atoms. The van der Waals surface area contributed by atoms with Gasteiger partial charge in [-0.2, -0.15) is 0 Å². The summed E-state index contributed by atoms with van der Waals surface area (Å²) in [6.07, 6.45) is 1.99. The van der Waals surface area contributed by atoms with Gasteiger partial charge in [-0.15, -0.1) is 0 Å². The topological polar surface area (TPSA) is 32.3 Å². The summed E-state index contributed by atoms with van der Waals surface area (Å²) in [5.74, 6) is 0.120. The highest BCUT2D eigenvalue weighted by atomic mass is 16.2. The van der Waals surface area contributed by atoms with E-state index in [1.165, 1.54) is 0 Å². The molecule has 106 valence electrons. The summed E-state index contributed by atoms with van der Waals surface area (Å²) in [5, 5.41) is 3.26. The van der Waals surface area contributed by atoms with E-state index in [1.54, 1.807) is 0 Å². The number of carbonyl (C=O) groups excluding carboxylic acids is 1. The van der Waals surface area contributed by atoms with Crippen LogP contribution in [0.15, 0.2) is 18.2 Å². The van der Waals surface area contributed by atoms with Gasteiger partial charge in [0.2, 0.25) is 0 Å². The van der Waals surface area contributed by atoms with Crippen molar-refractivity contribution < 1.29 is 4.79 Å².